The predicted molar refractivity (Wildman–Crippen MR) is 123 cm³/mol. The van der Waals surface area contributed by atoms with Crippen LogP contribution in [-0.4, -0.2) is 92.3 Å². The zero-order valence-corrected chi connectivity index (χ0v) is 19.7. The van der Waals surface area contributed by atoms with Gasteiger partial charge in [0.1, 0.15) is 18.1 Å². The maximum atomic E-state index is 13.4. The molecule has 1 aromatic rings. The number of carboxylic acids is 1. The largest absolute Gasteiger partial charge is 0.480 e. The number of amides is 4. The van der Waals surface area contributed by atoms with E-state index in [9.17, 15) is 29.1 Å². The quantitative estimate of drug-likeness (QED) is 0.177. The molecule has 0 radical (unpaired) electrons. The van der Waals surface area contributed by atoms with Crippen LogP contribution in [0.15, 0.2) is 12.5 Å². The Bertz CT molecular complexity index is 881. The first-order valence-corrected chi connectivity index (χ1v) is 12.2. The summed E-state index contributed by atoms with van der Waals surface area (Å²) in [6.07, 6.45) is 5.64. The monoisotopic (exact) mass is 497 g/mol. The van der Waals surface area contributed by atoms with Gasteiger partial charge in [0.2, 0.25) is 23.6 Å². The molecule has 13 nitrogen and oxygen atoms in total. The molecule has 0 spiro atoms. The Balaban J connectivity index is 2.16. The van der Waals surface area contributed by atoms with Gasteiger partial charge in [-0.2, -0.15) is 11.8 Å². The number of carboxylic acid groups (broad SMARTS) is 1. The zero-order chi connectivity index (χ0) is 25.3. The molecule has 2 heterocycles. The van der Waals surface area contributed by atoms with Crippen molar-refractivity contribution in [2.24, 2.45) is 11.5 Å². The van der Waals surface area contributed by atoms with Gasteiger partial charge >= 0.3 is 5.97 Å². The maximum absolute atomic E-state index is 13.4. The van der Waals surface area contributed by atoms with Gasteiger partial charge in [-0.15, -0.1) is 0 Å². The van der Waals surface area contributed by atoms with Crippen LogP contribution in [0.4, 0.5) is 0 Å². The molecule has 8 N–H and O–H groups in total. The Kier molecular flexibility index (Phi) is 10.3. The van der Waals surface area contributed by atoms with E-state index < -0.39 is 60.2 Å². The molecule has 4 unspecified atom stereocenters. The molecule has 1 aromatic heterocycles. The van der Waals surface area contributed by atoms with E-state index in [4.69, 9.17) is 11.5 Å². The van der Waals surface area contributed by atoms with Gasteiger partial charge in [-0.25, -0.2) is 9.78 Å². The number of imidazole rings is 1. The highest BCUT2D eigenvalue weighted by Gasteiger charge is 2.39. The minimum Gasteiger partial charge on any atom is -0.480 e. The van der Waals surface area contributed by atoms with Crippen molar-refractivity contribution in [1.82, 2.24) is 25.5 Å². The molecule has 34 heavy (non-hydrogen) atoms. The smallest absolute Gasteiger partial charge is 0.326 e. The number of aromatic amines is 1. The number of nitrogens with one attached hydrogen (secondary N) is 3. The van der Waals surface area contributed by atoms with Crippen molar-refractivity contribution in [2.45, 2.75) is 56.3 Å². The van der Waals surface area contributed by atoms with Crippen molar-refractivity contribution >= 4 is 41.4 Å². The highest BCUT2D eigenvalue weighted by molar-refractivity contribution is 7.98. The Morgan fingerprint density at radius 1 is 1.29 bits per heavy atom. The number of carbonyl (C=O) groups excluding carboxylic acids is 4. The van der Waals surface area contributed by atoms with E-state index in [1.54, 1.807) is 11.8 Å². The van der Waals surface area contributed by atoms with Crippen molar-refractivity contribution in [3.63, 3.8) is 0 Å². The molecule has 4 atom stereocenters. The fourth-order valence-corrected chi connectivity index (χ4v) is 4.13. The Labute approximate surface area is 200 Å². The van der Waals surface area contributed by atoms with Gasteiger partial charge in [0.15, 0.2) is 0 Å². The number of hydrogen-bond acceptors (Lipinski definition) is 8. The number of aromatic nitrogens is 2. The molecule has 1 aliphatic heterocycles. The minimum absolute atomic E-state index is 0.101. The van der Waals surface area contributed by atoms with E-state index in [1.807, 2.05) is 6.26 Å². The summed E-state index contributed by atoms with van der Waals surface area (Å²) in [5.74, 6) is -3.31. The summed E-state index contributed by atoms with van der Waals surface area (Å²) in [5, 5.41) is 14.2. The summed E-state index contributed by atoms with van der Waals surface area (Å²) in [5.41, 5.74) is 11.6. The number of primary amides is 1. The zero-order valence-electron chi connectivity index (χ0n) is 18.9. The van der Waals surface area contributed by atoms with Gasteiger partial charge < -0.3 is 37.1 Å². The number of likely N-dealkylation sites (tertiary alicyclic amines) is 1. The van der Waals surface area contributed by atoms with Gasteiger partial charge in [0.05, 0.1) is 18.8 Å². The highest BCUT2D eigenvalue weighted by atomic mass is 32.2. The molecule has 0 saturated carbocycles. The van der Waals surface area contributed by atoms with Gasteiger partial charge in [0.25, 0.3) is 0 Å². The SMILES string of the molecule is CSCCC(N)C(=O)NC(Cc1cnc[nH]1)C(=O)N1CCCC1C(=O)NC(CC(N)=O)C(=O)O. The van der Waals surface area contributed by atoms with Gasteiger partial charge in [0, 0.05) is 24.9 Å². The van der Waals surface area contributed by atoms with Crippen molar-refractivity contribution in [2.75, 3.05) is 18.6 Å². The molecule has 0 aliphatic carbocycles. The van der Waals surface area contributed by atoms with Crippen LogP contribution in [0.5, 0.6) is 0 Å². The Hall–Kier alpha value is -3.13. The van der Waals surface area contributed by atoms with Crippen LogP contribution in [-0.2, 0) is 30.4 Å². The van der Waals surface area contributed by atoms with E-state index in [2.05, 4.69) is 20.6 Å². The molecule has 1 saturated heterocycles. The fraction of sp³-hybridized carbons (Fsp3) is 0.600. The summed E-state index contributed by atoms with van der Waals surface area (Å²) >= 11 is 1.55. The second kappa shape index (κ2) is 12.9. The third-order valence-corrected chi connectivity index (χ3v) is 6.07. The summed E-state index contributed by atoms with van der Waals surface area (Å²) in [4.78, 5) is 69.5. The average Bonchev–Trinajstić information content (AvgIpc) is 3.47. The third kappa shape index (κ3) is 7.73. The lowest BCUT2D eigenvalue weighted by atomic mass is 10.1. The Morgan fingerprint density at radius 2 is 2.03 bits per heavy atom. The molecular weight excluding hydrogens is 466 g/mol. The standard InChI is InChI=1S/C20H31N7O6S/c1-34-6-4-12(21)17(29)25-13(7-11-9-23-10-24-11)19(31)27-5-2-3-15(27)18(30)26-14(20(32)33)8-16(22)28/h9-10,12-15H,2-8,21H2,1H3,(H2,22,28)(H,23,24)(H,25,29)(H,26,30)(H,32,33). The number of hydrogen-bond donors (Lipinski definition) is 6. The molecule has 188 valence electrons. The third-order valence-electron chi connectivity index (χ3n) is 5.42. The number of nitrogens with zero attached hydrogens (tertiary/aromatic N) is 2. The molecular formula is C20H31N7O6S. The molecule has 2 rings (SSSR count). The summed E-state index contributed by atoms with van der Waals surface area (Å²) < 4.78 is 0. The second-order valence-corrected chi connectivity index (χ2v) is 8.98. The maximum Gasteiger partial charge on any atom is 0.326 e. The number of rotatable bonds is 13. The lowest BCUT2D eigenvalue weighted by Crippen LogP contribution is -2.57. The first kappa shape index (κ1) is 27.1. The first-order valence-electron chi connectivity index (χ1n) is 10.8. The van der Waals surface area contributed by atoms with E-state index >= 15 is 0 Å². The van der Waals surface area contributed by atoms with Gasteiger partial charge in [-0.1, -0.05) is 0 Å². The van der Waals surface area contributed by atoms with Crippen LogP contribution >= 0.6 is 11.8 Å². The van der Waals surface area contributed by atoms with Crippen molar-refractivity contribution in [3.05, 3.63) is 18.2 Å². The minimum atomic E-state index is -1.50. The summed E-state index contributed by atoms with van der Waals surface area (Å²) in [6, 6.07) is -4.26. The Morgan fingerprint density at radius 3 is 2.62 bits per heavy atom. The molecule has 0 aromatic carbocycles. The molecule has 14 heteroatoms. The molecule has 1 aliphatic rings. The van der Waals surface area contributed by atoms with Crippen molar-refractivity contribution < 1.29 is 29.1 Å². The topological polar surface area (TPSA) is 214 Å². The predicted octanol–water partition coefficient (Wildman–Crippen LogP) is -2.05. The van der Waals surface area contributed by atoms with E-state index in [-0.39, 0.29) is 13.0 Å². The van der Waals surface area contributed by atoms with Crippen molar-refractivity contribution in [1.29, 1.82) is 0 Å². The van der Waals surface area contributed by atoms with Crippen LogP contribution in [0, 0.1) is 0 Å². The average molecular weight is 498 g/mol. The molecule has 0 bridgehead atoms. The van der Waals surface area contributed by atoms with Crippen LogP contribution in [0.1, 0.15) is 31.4 Å². The first-order chi connectivity index (χ1) is 16.1. The summed E-state index contributed by atoms with van der Waals surface area (Å²) in [7, 11) is 0. The number of H-pyrrole nitrogens is 1. The molecule has 4 amide bonds. The van der Waals surface area contributed by atoms with E-state index in [0.29, 0.717) is 30.7 Å². The van der Waals surface area contributed by atoms with Crippen LogP contribution in [0.3, 0.4) is 0 Å². The fourth-order valence-electron chi connectivity index (χ4n) is 3.64. The van der Waals surface area contributed by atoms with E-state index in [1.165, 1.54) is 17.4 Å². The van der Waals surface area contributed by atoms with Crippen molar-refractivity contribution in [3.8, 4) is 0 Å². The second-order valence-electron chi connectivity index (χ2n) is 7.99. The highest BCUT2D eigenvalue weighted by Crippen LogP contribution is 2.20. The lowest BCUT2D eigenvalue weighted by molar-refractivity contribution is -0.145. The van der Waals surface area contributed by atoms with Crippen LogP contribution < -0.4 is 22.1 Å². The number of thioether (sulfide) groups is 1. The van der Waals surface area contributed by atoms with E-state index in [0.717, 1.165) is 0 Å². The normalized spacial score (nSPS) is 18.1. The number of aliphatic carboxylic acids is 1. The van der Waals surface area contributed by atoms with Crippen LogP contribution in [0.25, 0.3) is 0 Å². The number of nitrogens with two attached hydrogens (primary N) is 2. The summed E-state index contributed by atoms with van der Waals surface area (Å²) in [6.45, 7) is 0.248. The lowest BCUT2D eigenvalue weighted by Gasteiger charge is -2.29. The number of carbonyl (C=O) groups is 5. The van der Waals surface area contributed by atoms with Gasteiger partial charge in [-0.05, 0) is 31.3 Å². The molecule has 1 fully saturated rings. The van der Waals surface area contributed by atoms with Gasteiger partial charge in [-0.3, -0.25) is 19.2 Å². The van der Waals surface area contributed by atoms with Crippen LogP contribution in [0.2, 0.25) is 0 Å².